The number of amides is 1. The molecule has 1 fully saturated rings. The summed E-state index contributed by atoms with van der Waals surface area (Å²) >= 11 is 0. The molecule has 0 aliphatic carbocycles. The summed E-state index contributed by atoms with van der Waals surface area (Å²) in [5.41, 5.74) is 6.13. The molecule has 1 amide bonds. The van der Waals surface area contributed by atoms with Gasteiger partial charge in [0, 0.05) is 25.8 Å². The van der Waals surface area contributed by atoms with Gasteiger partial charge in [-0.2, -0.15) is 0 Å². The van der Waals surface area contributed by atoms with Crippen molar-refractivity contribution in [2.45, 2.75) is 12.0 Å². The average molecular weight is 372 g/mol. The van der Waals surface area contributed by atoms with E-state index in [1.165, 1.54) is 6.33 Å². The Morgan fingerprint density at radius 3 is 3.04 bits per heavy atom. The number of nitrogens with zero attached hydrogens (tertiary/aromatic N) is 3. The number of benzene rings is 1. The van der Waals surface area contributed by atoms with Crippen molar-refractivity contribution in [1.29, 1.82) is 0 Å². The predicted octanol–water partition coefficient (Wildman–Crippen LogP) is 1.57. The normalized spacial score (nSPS) is 19.6. The number of anilines is 1. The highest BCUT2D eigenvalue weighted by Crippen LogP contribution is 2.28. The van der Waals surface area contributed by atoms with Crippen molar-refractivity contribution in [2.75, 3.05) is 24.5 Å². The van der Waals surface area contributed by atoms with E-state index in [4.69, 9.17) is 5.73 Å². The molecule has 3 aromatic rings. The molecule has 0 saturated carbocycles. The Labute approximate surface area is 153 Å². The first kappa shape index (κ1) is 17.3. The van der Waals surface area contributed by atoms with Crippen molar-refractivity contribution in [3.05, 3.63) is 54.0 Å². The standard InChI is InChI=1S/C18H18F2N6O/c19-11-1-2-14(20)13(7-11)17(27)23-8-18(21)4-6-26(9-18)16-12-3-5-22-15(12)24-10-25-16/h1-3,5,7,10H,4,6,8-9,21H2,(H,23,27)(H,22,24,25)/t18-/m0/s1. The van der Waals surface area contributed by atoms with Crippen molar-refractivity contribution in [3.63, 3.8) is 0 Å². The number of fused-ring (bicyclic) bond motifs is 1. The van der Waals surface area contributed by atoms with Gasteiger partial charge in [0.2, 0.25) is 0 Å². The zero-order valence-electron chi connectivity index (χ0n) is 14.4. The van der Waals surface area contributed by atoms with Crippen molar-refractivity contribution < 1.29 is 13.6 Å². The second kappa shape index (κ2) is 6.58. The molecule has 1 aromatic carbocycles. The molecule has 2 aromatic heterocycles. The lowest BCUT2D eigenvalue weighted by Crippen LogP contribution is -2.52. The van der Waals surface area contributed by atoms with Gasteiger partial charge in [0.1, 0.15) is 29.4 Å². The third kappa shape index (κ3) is 3.33. The number of halogens is 2. The molecule has 0 unspecified atom stereocenters. The van der Waals surface area contributed by atoms with Crippen LogP contribution in [0.3, 0.4) is 0 Å². The van der Waals surface area contributed by atoms with Crippen LogP contribution >= 0.6 is 0 Å². The van der Waals surface area contributed by atoms with E-state index >= 15 is 0 Å². The summed E-state index contributed by atoms with van der Waals surface area (Å²) in [5, 5.41) is 3.51. The lowest BCUT2D eigenvalue weighted by atomic mass is 10.00. The van der Waals surface area contributed by atoms with Crippen molar-refractivity contribution in [2.24, 2.45) is 5.73 Å². The molecule has 1 saturated heterocycles. The van der Waals surface area contributed by atoms with Crippen LogP contribution in [0.2, 0.25) is 0 Å². The number of rotatable bonds is 4. The maximum atomic E-state index is 13.7. The molecule has 140 valence electrons. The maximum Gasteiger partial charge on any atom is 0.254 e. The minimum absolute atomic E-state index is 0.139. The molecular formula is C18H18F2N6O. The van der Waals surface area contributed by atoms with Crippen LogP contribution in [0.15, 0.2) is 36.8 Å². The SMILES string of the molecule is N[C@]1(CNC(=O)c2cc(F)ccc2F)CCN(c2ncnc3[nH]ccc23)C1. The number of carbonyl (C=O) groups excluding carboxylic acids is 1. The quantitative estimate of drug-likeness (QED) is 0.646. The summed E-state index contributed by atoms with van der Waals surface area (Å²) in [5.74, 6) is -1.36. The van der Waals surface area contributed by atoms with Gasteiger partial charge < -0.3 is 20.9 Å². The molecule has 27 heavy (non-hydrogen) atoms. The Kier molecular flexibility index (Phi) is 4.23. The monoisotopic (exact) mass is 372 g/mol. The first-order valence-electron chi connectivity index (χ1n) is 8.50. The molecule has 9 heteroatoms. The lowest BCUT2D eigenvalue weighted by molar-refractivity contribution is 0.0940. The molecule has 0 spiro atoms. The molecule has 3 heterocycles. The van der Waals surface area contributed by atoms with Crippen LogP contribution < -0.4 is 16.0 Å². The van der Waals surface area contributed by atoms with Gasteiger partial charge in [-0.3, -0.25) is 4.79 Å². The van der Waals surface area contributed by atoms with E-state index in [1.807, 2.05) is 11.0 Å². The molecule has 4 N–H and O–H groups in total. The van der Waals surface area contributed by atoms with Gasteiger partial charge in [0.05, 0.1) is 16.5 Å². The zero-order valence-corrected chi connectivity index (χ0v) is 14.4. The highest BCUT2D eigenvalue weighted by atomic mass is 19.1. The number of aromatic nitrogens is 3. The van der Waals surface area contributed by atoms with Crippen LogP contribution in [0, 0.1) is 11.6 Å². The Hall–Kier alpha value is -3.07. The van der Waals surface area contributed by atoms with E-state index in [0.717, 1.165) is 35.1 Å². The Morgan fingerprint density at radius 1 is 1.33 bits per heavy atom. The van der Waals surface area contributed by atoms with Gasteiger partial charge in [0.15, 0.2) is 0 Å². The smallest absolute Gasteiger partial charge is 0.254 e. The van der Waals surface area contributed by atoms with Crippen LogP contribution in [0.4, 0.5) is 14.6 Å². The number of hydrogen-bond acceptors (Lipinski definition) is 5. The first-order valence-corrected chi connectivity index (χ1v) is 8.50. The summed E-state index contributed by atoms with van der Waals surface area (Å²) in [6.07, 6.45) is 3.90. The van der Waals surface area contributed by atoms with Gasteiger partial charge >= 0.3 is 0 Å². The van der Waals surface area contributed by atoms with Crippen molar-refractivity contribution in [1.82, 2.24) is 20.3 Å². The second-order valence-electron chi connectivity index (χ2n) is 6.78. The van der Waals surface area contributed by atoms with E-state index in [9.17, 15) is 13.6 Å². The van der Waals surface area contributed by atoms with Gasteiger partial charge in [0.25, 0.3) is 5.91 Å². The number of hydrogen-bond donors (Lipinski definition) is 3. The fourth-order valence-electron chi connectivity index (χ4n) is 3.35. The van der Waals surface area contributed by atoms with Gasteiger partial charge in [-0.05, 0) is 30.7 Å². The number of H-pyrrole nitrogens is 1. The molecule has 4 rings (SSSR count). The fraction of sp³-hybridized carbons (Fsp3) is 0.278. The third-order valence-corrected chi connectivity index (χ3v) is 4.79. The van der Waals surface area contributed by atoms with Gasteiger partial charge in [-0.25, -0.2) is 18.7 Å². The van der Waals surface area contributed by atoms with Crippen molar-refractivity contribution >= 4 is 22.8 Å². The summed E-state index contributed by atoms with van der Waals surface area (Å²) in [6, 6.07) is 4.67. The summed E-state index contributed by atoms with van der Waals surface area (Å²) in [6.45, 7) is 1.27. The summed E-state index contributed by atoms with van der Waals surface area (Å²) < 4.78 is 27.0. The molecule has 0 radical (unpaired) electrons. The molecule has 1 aliphatic rings. The summed E-state index contributed by atoms with van der Waals surface area (Å²) in [7, 11) is 0. The highest BCUT2D eigenvalue weighted by Gasteiger charge is 2.36. The Morgan fingerprint density at radius 2 is 2.19 bits per heavy atom. The number of aromatic amines is 1. The molecule has 7 nitrogen and oxygen atoms in total. The topological polar surface area (TPSA) is 99.9 Å². The number of nitrogens with two attached hydrogens (primary N) is 1. The molecule has 0 bridgehead atoms. The lowest BCUT2D eigenvalue weighted by Gasteiger charge is -2.25. The molecule has 1 aliphatic heterocycles. The van der Waals surface area contributed by atoms with Crippen LogP contribution in [0.1, 0.15) is 16.8 Å². The third-order valence-electron chi connectivity index (χ3n) is 4.79. The average Bonchev–Trinajstić information content (AvgIpc) is 3.28. The molecular weight excluding hydrogens is 354 g/mol. The second-order valence-corrected chi connectivity index (χ2v) is 6.78. The number of nitrogens with one attached hydrogen (secondary N) is 2. The first-order chi connectivity index (χ1) is 13.0. The minimum Gasteiger partial charge on any atom is -0.354 e. The highest BCUT2D eigenvalue weighted by molar-refractivity contribution is 5.94. The zero-order chi connectivity index (χ0) is 19.0. The maximum absolute atomic E-state index is 13.7. The van der Waals surface area contributed by atoms with Gasteiger partial charge in [-0.15, -0.1) is 0 Å². The Balaban J connectivity index is 1.45. The van der Waals surface area contributed by atoms with E-state index in [0.29, 0.717) is 19.5 Å². The van der Waals surface area contributed by atoms with Crippen LogP contribution in [-0.2, 0) is 0 Å². The minimum atomic E-state index is -0.774. The summed E-state index contributed by atoms with van der Waals surface area (Å²) in [4.78, 5) is 25.8. The van der Waals surface area contributed by atoms with E-state index < -0.39 is 23.1 Å². The van der Waals surface area contributed by atoms with Crippen LogP contribution in [-0.4, -0.2) is 46.0 Å². The Bertz CT molecular complexity index is 1010. The van der Waals surface area contributed by atoms with E-state index in [2.05, 4.69) is 20.3 Å². The van der Waals surface area contributed by atoms with E-state index in [-0.39, 0.29) is 12.1 Å². The number of carbonyl (C=O) groups is 1. The van der Waals surface area contributed by atoms with E-state index in [1.54, 1.807) is 6.20 Å². The largest absolute Gasteiger partial charge is 0.354 e. The van der Waals surface area contributed by atoms with Crippen LogP contribution in [0.5, 0.6) is 0 Å². The van der Waals surface area contributed by atoms with Gasteiger partial charge in [-0.1, -0.05) is 0 Å². The predicted molar refractivity (Wildman–Crippen MR) is 96.3 cm³/mol. The fourth-order valence-corrected chi connectivity index (χ4v) is 3.35. The van der Waals surface area contributed by atoms with Crippen LogP contribution in [0.25, 0.3) is 11.0 Å². The van der Waals surface area contributed by atoms with Crippen molar-refractivity contribution in [3.8, 4) is 0 Å². The molecule has 1 atom stereocenters.